The minimum Gasteiger partial charge on any atom is -0.477 e. The number of imidazole rings is 1. The Morgan fingerprint density at radius 2 is 1.92 bits per heavy atom. The molecule has 3 aromatic rings. The number of aromatic nitrogens is 2. The molecule has 196 valence electrons. The Labute approximate surface area is 229 Å². The van der Waals surface area contributed by atoms with Crippen molar-refractivity contribution in [1.29, 1.82) is 0 Å². The number of aryl methyl sites for hydroxylation is 1. The van der Waals surface area contributed by atoms with Gasteiger partial charge in [0.2, 0.25) is 5.91 Å². The molecule has 0 spiro atoms. The molecular weight excluding hydrogens is 554 g/mol. The van der Waals surface area contributed by atoms with Crippen molar-refractivity contribution < 1.29 is 28.3 Å². The molecule has 0 aliphatic carbocycles. The summed E-state index contributed by atoms with van der Waals surface area (Å²) in [7, 11) is 1.88. The lowest BCUT2D eigenvalue weighted by Gasteiger charge is -2.52. The number of nitrogens with zero attached hydrogens (tertiary/aromatic N) is 4. The number of carboxylic acids is 1. The Balaban J connectivity index is 1.37. The first kappa shape index (κ1) is 26.3. The number of hydrogen-bond donors (Lipinski definition) is 1. The van der Waals surface area contributed by atoms with E-state index in [1.54, 1.807) is 6.33 Å². The van der Waals surface area contributed by atoms with E-state index in [9.17, 15) is 28.3 Å². The molecule has 2 aromatic carbocycles. The Morgan fingerprint density at radius 1 is 1.18 bits per heavy atom. The van der Waals surface area contributed by atoms with Crippen LogP contribution in [0.25, 0.3) is 11.3 Å². The predicted molar refractivity (Wildman–Crippen MR) is 141 cm³/mol. The van der Waals surface area contributed by atoms with Gasteiger partial charge in [0.1, 0.15) is 22.7 Å². The summed E-state index contributed by atoms with van der Waals surface area (Å²) < 4.78 is 30.5. The fraction of sp³-hybridized carbons (Fsp3) is 0.200. The number of hydrogen-bond acceptors (Lipinski definition) is 7. The van der Waals surface area contributed by atoms with Crippen LogP contribution in [-0.2, 0) is 21.4 Å². The summed E-state index contributed by atoms with van der Waals surface area (Å²) >= 11 is 3.29. The maximum atomic E-state index is 14.2. The number of fused-ring (bicyclic) bond motifs is 1. The highest BCUT2D eigenvalue weighted by Gasteiger charge is 2.57. The van der Waals surface area contributed by atoms with Gasteiger partial charge in [0.15, 0.2) is 6.04 Å². The summed E-state index contributed by atoms with van der Waals surface area (Å²) in [6.07, 6.45) is 3.60. The minimum absolute atomic E-state index is 0.0203. The third kappa shape index (κ3) is 4.93. The molecule has 1 saturated heterocycles. The number of carbonyl (C=O) groups is 3. The second-order valence-corrected chi connectivity index (χ2v) is 11.8. The summed E-state index contributed by atoms with van der Waals surface area (Å²) in [4.78, 5) is 44.7. The van der Waals surface area contributed by atoms with Crippen LogP contribution < -0.4 is 0 Å². The number of benzene rings is 2. The average molecular weight is 575 g/mol. The van der Waals surface area contributed by atoms with Crippen molar-refractivity contribution in [3.8, 4) is 11.3 Å². The smallest absolute Gasteiger partial charge is 0.353 e. The molecule has 8 nitrogen and oxygen atoms in total. The van der Waals surface area contributed by atoms with Crippen molar-refractivity contribution in [2.45, 2.75) is 28.1 Å². The molecule has 0 unspecified atom stereocenters. The predicted octanol–water partition coefficient (Wildman–Crippen LogP) is 4.59. The van der Waals surface area contributed by atoms with Gasteiger partial charge < -0.3 is 9.67 Å². The fourth-order valence-electron chi connectivity index (χ4n) is 4.10. The van der Waals surface area contributed by atoms with Gasteiger partial charge in [-0.3, -0.25) is 18.8 Å². The molecule has 5 rings (SSSR count). The molecule has 38 heavy (non-hydrogen) atoms. The van der Waals surface area contributed by atoms with E-state index in [0.29, 0.717) is 28.7 Å². The van der Waals surface area contributed by atoms with Gasteiger partial charge in [-0.2, -0.15) is 0 Å². The molecule has 2 atom stereocenters. The first-order chi connectivity index (χ1) is 18.1. The summed E-state index contributed by atoms with van der Waals surface area (Å²) in [5.41, 5.74) is 1.60. The SMILES string of the molecule is CC(=O)N(Sc1ccc(F)cc1F)[C@@H]1C(=O)N2C(C(=O)O)=C(Sc3ccc(-c4cn(C)cn4)cc3)CS[C@@H]12. The largest absolute Gasteiger partial charge is 0.477 e. The molecule has 1 N–H and O–H groups in total. The van der Waals surface area contributed by atoms with Crippen molar-refractivity contribution in [3.05, 3.63) is 77.2 Å². The maximum absolute atomic E-state index is 14.2. The third-order valence-corrected chi connectivity index (χ3v) is 9.61. The summed E-state index contributed by atoms with van der Waals surface area (Å²) in [5, 5.41) is 9.35. The molecule has 1 fully saturated rings. The number of aliphatic carboxylic acids is 1. The van der Waals surface area contributed by atoms with E-state index in [1.807, 2.05) is 42.1 Å². The zero-order chi connectivity index (χ0) is 27.1. The van der Waals surface area contributed by atoms with Gasteiger partial charge in [-0.1, -0.05) is 23.9 Å². The van der Waals surface area contributed by atoms with Gasteiger partial charge in [0, 0.05) is 47.4 Å². The second-order valence-electron chi connectivity index (χ2n) is 8.49. The third-order valence-electron chi connectivity index (χ3n) is 5.86. The summed E-state index contributed by atoms with van der Waals surface area (Å²) in [6, 6.07) is 9.47. The number of rotatable bonds is 7. The van der Waals surface area contributed by atoms with Crippen LogP contribution in [0.5, 0.6) is 0 Å². The highest BCUT2D eigenvalue weighted by molar-refractivity contribution is 8.06. The number of carboxylic acid groups (broad SMARTS) is 1. The molecule has 2 aliphatic rings. The van der Waals surface area contributed by atoms with Crippen LogP contribution in [0.3, 0.4) is 0 Å². The van der Waals surface area contributed by atoms with Gasteiger partial charge in [-0.25, -0.2) is 18.6 Å². The van der Waals surface area contributed by atoms with Gasteiger partial charge in [-0.15, -0.1) is 11.8 Å². The molecule has 2 aliphatic heterocycles. The van der Waals surface area contributed by atoms with E-state index in [2.05, 4.69) is 4.98 Å². The molecule has 13 heteroatoms. The van der Waals surface area contributed by atoms with Crippen molar-refractivity contribution in [2.75, 3.05) is 5.75 Å². The molecule has 0 radical (unpaired) electrons. The number of carbonyl (C=O) groups excluding carboxylic acids is 2. The topological polar surface area (TPSA) is 95.7 Å². The molecule has 2 amide bonds. The summed E-state index contributed by atoms with van der Waals surface area (Å²) in [5.74, 6) is -3.65. The van der Waals surface area contributed by atoms with E-state index in [0.717, 1.165) is 26.5 Å². The zero-order valence-electron chi connectivity index (χ0n) is 20.0. The monoisotopic (exact) mass is 574 g/mol. The standard InChI is InChI=1S/C25H20F2N4O4S3/c1-13(32)31(38-19-8-5-15(26)9-17(19)27)22-23(33)30-21(25(34)35)20(11-36-24(22)30)37-16-6-3-14(4-7-16)18-10-29(2)12-28-18/h3-10,12,22,24H,11H2,1-2H3,(H,34,35)/t22-,24+/m1/s1. The first-order valence-corrected chi connectivity index (χ1v) is 13.9. The molecular formula is C25H20F2N4O4S3. The Bertz CT molecular complexity index is 1480. The highest BCUT2D eigenvalue weighted by Crippen LogP contribution is 2.48. The number of halogens is 2. The van der Waals surface area contributed by atoms with Crippen molar-refractivity contribution in [2.24, 2.45) is 7.05 Å². The molecule has 3 heterocycles. The normalized spacial score (nSPS) is 18.7. The maximum Gasteiger partial charge on any atom is 0.353 e. The lowest BCUT2D eigenvalue weighted by atomic mass is 10.1. The Morgan fingerprint density at radius 3 is 2.53 bits per heavy atom. The van der Waals surface area contributed by atoms with Gasteiger partial charge in [-0.05, 0) is 36.2 Å². The van der Waals surface area contributed by atoms with Crippen LogP contribution in [0.1, 0.15) is 6.92 Å². The van der Waals surface area contributed by atoms with Gasteiger partial charge in [0.25, 0.3) is 5.91 Å². The van der Waals surface area contributed by atoms with E-state index >= 15 is 0 Å². The zero-order valence-corrected chi connectivity index (χ0v) is 22.4. The quantitative estimate of drug-likeness (QED) is 0.323. The van der Waals surface area contributed by atoms with E-state index < -0.39 is 40.8 Å². The van der Waals surface area contributed by atoms with Crippen molar-refractivity contribution >= 4 is 53.3 Å². The van der Waals surface area contributed by atoms with Crippen LogP contribution in [0.15, 0.2) is 75.4 Å². The van der Waals surface area contributed by atoms with E-state index in [4.69, 9.17) is 0 Å². The number of β-lactam (4-membered cyclic amide) rings is 1. The first-order valence-electron chi connectivity index (χ1n) is 11.2. The van der Waals surface area contributed by atoms with Crippen molar-refractivity contribution in [1.82, 2.24) is 18.8 Å². The minimum atomic E-state index is -1.25. The van der Waals surface area contributed by atoms with Gasteiger partial charge >= 0.3 is 5.97 Å². The van der Waals surface area contributed by atoms with E-state index in [-0.39, 0.29) is 10.6 Å². The lowest BCUT2D eigenvalue weighted by Crippen LogP contribution is -2.69. The van der Waals surface area contributed by atoms with Crippen LogP contribution in [0.4, 0.5) is 8.78 Å². The van der Waals surface area contributed by atoms with Crippen LogP contribution in [0, 0.1) is 11.6 Å². The van der Waals surface area contributed by atoms with Crippen LogP contribution in [0.2, 0.25) is 0 Å². The number of amides is 2. The Kier molecular flexibility index (Phi) is 7.25. The van der Waals surface area contributed by atoms with E-state index in [1.165, 1.54) is 41.4 Å². The Hall–Kier alpha value is -3.29. The molecule has 1 aromatic heterocycles. The average Bonchev–Trinajstić information content (AvgIpc) is 3.31. The summed E-state index contributed by atoms with van der Waals surface area (Å²) in [6.45, 7) is 1.24. The number of thioether (sulfide) groups is 2. The van der Waals surface area contributed by atoms with Crippen molar-refractivity contribution in [3.63, 3.8) is 0 Å². The fourth-order valence-corrected chi connectivity index (χ4v) is 7.63. The molecule has 0 bridgehead atoms. The van der Waals surface area contributed by atoms with Gasteiger partial charge in [0.05, 0.1) is 16.9 Å². The highest BCUT2D eigenvalue weighted by atomic mass is 32.2. The molecule has 0 saturated carbocycles. The van der Waals surface area contributed by atoms with Crippen LogP contribution >= 0.6 is 35.5 Å². The lowest BCUT2D eigenvalue weighted by molar-refractivity contribution is -0.154. The van der Waals surface area contributed by atoms with Crippen LogP contribution in [-0.4, -0.2) is 58.8 Å². The second kappa shape index (κ2) is 10.5.